The number of ether oxygens (including phenoxy) is 2. The molecule has 0 atom stereocenters. The molecule has 0 fully saturated rings. The summed E-state index contributed by atoms with van der Waals surface area (Å²) in [5, 5.41) is 10.9. The smallest absolute Gasteiger partial charge is 0.316 e. The molecule has 34 heavy (non-hydrogen) atoms. The van der Waals surface area contributed by atoms with Gasteiger partial charge in [0.25, 0.3) is 5.56 Å². The van der Waals surface area contributed by atoms with Gasteiger partial charge in [-0.3, -0.25) is 9.59 Å². The number of hydrogen-bond acceptors (Lipinski definition) is 8. The quantitative estimate of drug-likeness (QED) is 0.425. The molecule has 0 spiro atoms. The number of aryl methyl sites for hydroxylation is 1. The van der Waals surface area contributed by atoms with Crippen molar-refractivity contribution < 1.29 is 18.8 Å². The summed E-state index contributed by atoms with van der Waals surface area (Å²) in [6, 6.07) is 16.2. The molecular weight excluding hydrogens is 438 g/mol. The van der Waals surface area contributed by atoms with E-state index in [1.165, 1.54) is 10.7 Å². The molecular formula is C24H23N5O5. The first-order valence-electron chi connectivity index (χ1n) is 10.4. The molecule has 0 unspecified atom stereocenters. The zero-order valence-electron chi connectivity index (χ0n) is 18.9. The normalized spacial score (nSPS) is 10.7. The molecule has 0 radical (unpaired) electrons. The fourth-order valence-corrected chi connectivity index (χ4v) is 3.26. The second kappa shape index (κ2) is 9.99. The fraction of sp³-hybridized carbons (Fsp3) is 0.208. The van der Waals surface area contributed by atoms with Crippen molar-refractivity contribution in [2.75, 3.05) is 14.2 Å². The monoisotopic (exact) mass is 461 g/mol. The lowest BCUT2D eigenvalue weighted by atomic mass is 10.1. The summed E-state index contributed by atoms with van der Waals surface area (Å²) in [5.41, 5.74) is 3.03. The van der Waals surface area contributed by atoms with Crippen LogP contribution in [0, 0.1) is 6.92 Å². The lowest BCUT2D eigenvalue weighted by molar-refractivity contribution is 0.0906. The lowest BCUT2D eigenvalue weighted by Crippen LogP contribution is -2.24. The highest BCUT2D eigenvalue weighted by molar-refractivity contribution is 5.89. The third kappa shape index (κ3) is 5.12. The molecule has 0 saturated carbocycles. The third-order valence-electron chi connectivity index (χ3n) is 5.09. The van der Waals surface area contributed by atoms with Gasteiger partial charge in [-0.2, -0.15) is 10.1 Å². The van der Waals surface area contributed by atoms with Crippen molar-refractivity contribution in [1.82, 2.24) is 25.2 Å². The van der Waals surface area contributed by atoms with Gasteiger partial charge in [0.05, 0.1) is 19.9 Å². The van der Waals surface area contributed by atoms with Crippen LogP contribution in [0.3, 0.4) is 0 Å². The molecule has 0 aliphatic rings. The van der Waals surface area contributed by atoms with E-state index >= 15 is 0 Å². The SMILES string of the molecule is COc1ccc(OC)c(CNC(=O)c2nc(Cn3nc(-c4ccc(C)cc4)ccc3=O)no2)c1. The molecule has 2 aromatic heterocycles. The minimum atomic E-state index is -0.558. The predicted molar refractivity (Wildman–Crippen MR) is 123 cm³/mol. The van der Waals surface area contributed by atoms with Crippen molar-refractivity contribution in [1.29, 1.82) is 0 Å². The fourth-order valence-electron chi connectivity index (χ4n) is 3.26. The van der Waals surface area contributed by atoms with Crippen molar-refractivity contribution in [3.05, 3.63) is 87.8 Å². The minimum Gasteiger partial charge on any atom is -0.497 e. The summed E-state index contributed by atoms with van der Waals surface area (Å²) in [6.45, 7) is 2.12. The molecule has 2 heterocycles. The number of amides is 1. The van der Waals surface area contributed by atoms with Crippen LogP contribution in [0.5, 0.6) is 11.5 Å². The van der Waals surface area contributed by atoms with Gasteiger partial charge in [0.1, 0.15) is 18.0 Å². The molecule has 10 heteroatoms. The Kier molecular flexibility index (Phi) is 6.67. The van der Waals surface area contributed by atoms with E-state index in [9.17, 15) is 9.59 Å². The Labute approximate surface area is 195 Å². The van der Waals surface area contributed by atoms with Gasteiger partial charge in [-0.25, -0.2) is 4.68 Å². The number of nitrogens with one attached hydrogen (secondary N) is 1. The van der Waals surface area contributed by atoms with E-state index in [0.29, 0.717) is 17.2 Å². The molecule has 0 saturated heterocycles. The summed E-state index contributed by atoms with van der Waals surface area (Å²) in [4.78, 5) is 28.9. The van der Waals surface area contributed by atoms with Gasteiger partial charge in [0, 0.05) is 23.7 Å². The van der Waals surface area contributed by atoms with E-state index in [1.807, 2.05) is 31.2 Å². The van der Waals surface area contributed by atoms with E-state index in [4.69, 9.17) is 14.0 Å². The first kappa shape index (κ1) is 22.7. The first-order chi connectivity index (χ1) is 16.5. The molecule has 1 amide bonds. The largest absolute Gasteiger partial charge is 0.497 e. The summed E-state index contributed by atoms with van der Waals surface area (Å²) >= 11 is 0. The molecule has 2 aromatic carbocycles. The molecule has 0 aliphatic heterocycles. The van der Waals surface area contributed by atoms with Gasteiger partial charge in [0.2, 0.25) is 0 Å². The highest BCUT2D eigenvalue weighted by Gasteiger charge is 2.17. The average Bonchev–Trinajstić information content (AvgIpc) is 3.33. The zero-order chi connectivity index (χ0) is 24.1. The van der Waals surface area contributed by atoms with Gasteiger partial charge in [-0.1, -0.05) is 35.0 Å². The maximum atomic E-state index is 12.5. The topological polar surface area (TPSA) is 121 Å². The van der Waals surface area contributed by atoms with E-state index < -0.39 is 5.91 Å². The van der Waals surface area contributed by atoms with Crippen LogP contribution in [-0.2, 0) is 13.1 Å². The second-order valence-electron chi connectivity index (χ2n) is 7.46. The van der Waals surface area contributed by atoms with E-state index in [1.54, 1.807) is 38.5 Å². The van der Waals surface area contributed by atoms with Crippen LogP contribution in [0.2, 0.25) is 0 Å². The summed E-state index contributed by atoms with van der Waals surface area (Å²) in [6.07, 6.45) is 0. The van der Waals surface area contributed by atoms with Crippen molar-refractivity contribution in [2.45, 2.75) is 20.0 Å². The number of hydrogen-bond donors (Lipinski definition) is 1. The van der Waals surface area contributed by atoms with Crippen molar-refractivity contribution in [3.8, 4) is 22.8 Å². The Morgan fingerprint density at radius 2 is 1.85 bits per heavy atom. The van der Waals surface area contributed by atoms with Gasteiger partial charge >= 0.3 is 11.8 Å². The van der Waals surface area contributed by atoms with E-state index in [-0.39, 0.29) is 30.4 Å². The van der Waals surface area contributed by atoms with Gasteiger partial charge in [-0.05, 0) is 31.2 Å². The number of benzene rings is 2. The summed E-state index contributed by atoms with van der Waals surface area (Å²) < 4.78 is 16.8. The maximum absolute atomic E-state index is 12.5. The van der Waals surface area contributed by atoms with Gasteiger partial charge in [-0.15, -0.1) is 0 Å². The number of rotatable bonds is 8. The predicted octanol–water partition coefficient (Wildman–Crippen LogP) is 2.60. The second-order valence-corrected chi connectivity index (χ2v) is 7.46. The molecule has 4 aromatic rings. The van der Waals surface area contributed by atoms with E-state index in [2.05, 4.69) is 20.6 Å². The highest BCUT2D eigenvalue weighted by atomic mass is 16.5. The Morgan fingerprint density at radius 3 is 2.59 bits per heavy atom. The van der Waals surface area contributed by atoms with Crippen LogP contribution < -0.4 is 20.3 Å². The third-order valence-corrected chi connectivity index (χ3v) is 5.09. The minimum absolute atomic E-state index is 0.0426. The van der Waals surface area contributed by atoms with Crippen LogP contribution in [-0.4, -0.2) is 40.0 Å². The molecule has 0 aliphatic carbocycles. The standard InChI is InChI=1S/C24H23N5O5/c1-15-4-6-16(7-5-15)19-9-11-22(30)29(27-19)14-21-26-24(34-28-21)23(31)25-13-17-12-18(32-2)8-10-20(17)33-3/h4-12H,13-14H2,1-3H3,(H,25,31). The van der Waals surface area contributed by atoms with Crippen LogP contribution >= 0.6 is 0 Å². The Balaban J connectivity index is 1.46. The number of carbonyl (C=O) groups excluding carboxylic acids is 1. The van der Waals surface area contributed by atoms with Crippen LogP contribution in [0.25, 0.3) is 11.3 Å². The van der Waals surface area contributed by atoms with Gasteiger partial charge in [0.15, 0.2) is 5.82 Å². The van der Waals surface area contributed by atoms with Crippen LogP contribution in [0.1, 0.15) is 27.6 Å². The van der Waals surface area contributed by atoms with Gasteiger partial charge < -0.3 is 19.3 Å². The maximum Gasteiger partial charge on any atom is 0.316 e. The Bertz CT molecular complexity index is 1360. The molecule has 1 N–H and O–H groups in total. The van der Waals surface area contributed by atoms with Crippen molar-refractivity contribution in [2.24, 2.45) is 0 Å². The number of methoxy groups -OCH3 is 2. The summed E-state index contributed by atoms with van der Waals surface area (Å²) in [5.74, 6) is 0.610. The zero-order valence-corrected chi connectivity index (χ0v) is 18.9. The molecule has 4 rings (SSSR count). The first-order valence-corrected chi connectivity index (χ1v) is 10.4. The van der Waals surface area contributed by atoms with Crippen LogP contribution in [0.4, 0.5) is 0 Å². The van der Waals surface area contributed by atoms with E-state index in [0.717, 1.165) is 16.7 Å². The lowest BCUT2D eigenvalue weighted by Gasteiger charge is -2.10. The van der Waals surface area contributed by atoms with Crippen molar-refractivity contribution >= 4 is 5.91 Å². The highest BCUT2D eigenvalue weighted by Crippen LogP contribution is 2.23. The average molecular weight is 461 g/mol. The molecule has 174 valence electrons. The van der Waals surface area contributed by atoms with Crippen molar-refractivity contribution in [3.63, 3.8) is 0 Å². The summed E-state index contributed by atoms with van der Waals surface area (Å²) in [7, 11) is 3.10. The number of carbonyl (C=O) groups is 1. The molecule has 0 bridgehead atoms. The number of nitrogens with zero attached hydrogens (tertiary/aromatic N) is 4. The Morgan fingerprint density at radius 1 is 1.06 bits per heavy atom. The van der Waals surface area contributed by atoms with Crippen LogP contribution in [0.15, 0.2) is 63.9 Å². The number of aromatic nitrogens is 4. The molecule has 10 nitrogen and oxygen atoms in total. The Hall–Kier alpha value is -4.47.